The van der Waals surface area contributed by atoms with Crippen molar-refractivity contribution in [3.8, 4) is 5.75 Å². The van der Waals surface area contributed by atoms with Gasteiger partial charge in [0.05, 0.1) is 22.8 Å². The van der Waals surface area contributed by atoms with E-state index in [4.69, 9.17) is 33.5 Å². The summed E-state index contributed by atoms with van der Waals surface area (Å²) in [6.07, 6.45) is -4.79. The zero-order valence-electron chi connectivity index (χ0n) is 16.9. The molecule has 32 heavy (non-hydrogen) atoms. The molecule has 0 bridgehead atoms. The number of ether oxygens (including phenoxy) is 1. The fraction of sp³-hybridized carbons (Fsp3) is 0.444. The SMILES string of the molecule is COc1cc(N2CCN(C(=O)Cn3nc(C(F)(F)F)c(Cl)c3CN=[N+]=N)CC2)ccc1Cl. The van der Waals surface area contributed by atoms with E-state index in [1.165, 1.54) is 7.11 Å². The third-order valence-electron chi connectivity index (χ3n) is 4.97. The van der Waals surface area contributed by atoms with Crippen molar-refractivity contribution < 1.29 is 22.7 Å². The molecular weight excluding hydrogens is 474 g/mol. The van der Waals surface area contributed by atoms with E-state index in [0.717, 1.165) is 10.4 Å². The number of methoxy groups -OCH3 is 1. The third-order valence-corrected chi connectivity index (χ3v) is 5.68. The minimum Gasteiger partial charge on any atom is -0.495 e. The molecule has 0 atom stereocenters. The van der Waals surface area contributed by atoms with Gasteiger partial charge in [0, 0.05) is 37.9 Å². The zero-order chi connectivity index (χ0) is 23.5. The Balaban J connectivity index is 1.70. The van der Waals surface area contributed by atoms with E-state index < -0.39 is 35.9 Å². The van der Waals surface area contributed by atoms with Gasteiger partial charge in [0.15, 0.2) is 12.2 Å². The second-order valence-corrected chi connectivity index (χ2v) is 7.64. The Bertz CT molecular complexity index is 1050. The minimum atomic E-state index is -4.79. The van der Waals surface area contributed by atoms with E-state index in [-0.39, 0.29) is 5.69 Å². The molecule has 0 radical (unpaired) electrons. The normalized spacial score (nSPS) is 14.3. The lowest BCUT2D eigenvalue weighted by Gasteiger charge is -2.36. The topological polar surface area (TPSA) is 101 Å². The summed E-state index contributed by atoms with van der Waals surface area (Å²) in [6, 6.07) is 5.37. The third kappa shape index (κ3) is 5.14. The summed E-state index contributed by atoms with van der Waals surface area (Å²) >= 11 is 11.9. The molecule has 1 aliphatic heterocycles. The van der Waals surface area contributed by atoms with Crippen molar-refractivity contribution in [1.29, 1.82) is 5.53 Å². The summed E-state index contributed by atoms with van der Waals surface area (Å²) in [4.78, 5) is 19.1. The Morgan fingerprint density at radius 2 is 1.97 bits per heavy atom. The van der Waals surface area contributed by atoms with Crippen LogP contribution in [0.3, 0.4) is 0 Å². The van der Waals surface area contributed by atoms with E-state index in [9.17, 15) is 18.0 Å². The van der Waals surface area contributed by atoms with E-state index in [2.05, 4.69) is 20.0 Å². The standard InChI is InChI=1S/C18H19Cl2F3N7O2/c1-32-14-8-11(2-3-12(14)19)28-4-6-29(7-5-28)15(31)10-30-13(9-25-27-24)16(20)17(26-30)18(21,22)23/h2-3,8,24H,4-7,9-10H2,1H3/q+1. The number of amides is 1. The van der Waals surface area contributed by atoms with Crippen LogP contribution in [0.4, 0.5) is 18.9 Å². The number of halogens is 5. The Kier molecular flexibility index (Phi) is 7.27. The summed E-state index contributed by atoms with van der Waals surface area (Å²) in [7, 11) is 1.52. The molecule has 0 spiro atoms. The lowest BCUT2D eigenvalue weighted by Crippen LogP contribution is -2.49. The van der Waals surface area contributed by atoms with Gasteiger partial charge in [-0.2, -0.15) is 18.3 Å². The molecule has 2 aromatic rings. The predicted molar refractivity (Wildman–Crippen MR) is 110 cm³/mol. The van der Waals surface area contributed by atoms with Crippen molar-refractivity contribution in [1.82, 2.24) is 19.6 Å². The summed E-state index contributed by atoms with van der Waals surface area (Å²) < 4.78 is 45.6. The first-order valence-electron chi connectivity index (χ1n) is 9.37. The van der Waals surface area contributed by atoms with E-state index in [0.29, 0.717) is 37.0 Å². The fourth-order valence-corrected chi connectivity index (χ4v) is 3.82. The van der Waals surface area contributed by atoms with Gasteiger partial charge >= 0.3 is 6.18 Å². The van der Waals surface area contributed by atoms with Gasteiger partial charge in [-0.15, -0.1) is 0 Å². The Labute approximate surface area is 190 Å². The molecule has 0 unspecified atom stereocenters. The number of nitrogens with zero attached hydrogens (tertiary/aromatic N) is 6. The highest BCUT2D eigenvalue weighted by atomic mass is 35.5. The predicted octanol–water partition coefficient (Wildman–Crippen LogP) is 3.62. The molecule has 1 fully saturated rings. The highest BCUT2D eigenvalue weighted by molar-refractivity contribution is 6.32. The first-order chi connectivity index (χ1) is 15.2. The first kappa shape index (κ1) is 23.8. The number of piperazine rings is 1. The van der Waals surface area contributed by atoms with Crippen molar-refractivity contribution in [2.75, 3.05) is 38.2 Å². The number of anilines is 1. The number of aromatic nitrogens is 2. The van der Waals surface area contributed by atoms with Crippen LogP contribution in [0.1, 0.15) is 11.4 Å². The van der Waals surface area contributed by atoms with Gasteiger partial charge in [-0.1, -0.05) is 23.2 Å². The summed E-state index contributed by atoms with van der Waals surface area (Å²) in [5.41, 5.74) is 6.17. The molecule has 1 aliphatic rings. The number of carbonyl (C=O) groups is 1. The van der Waals surface area contributed by atoms with E-state index in [1.54, 1.807) is 17.0 Å². The molecule has 172 valence electrons. The molecule has 3 rings (SSSR count). The van der Waals surface area contributed by atoms with Gasteiger partial charge in [0.2, 0.25) is 10.8 Å². The van der Waals surface area contributed by atoms with Crippen LogP contribution in [0, 0.1) is 5.53 Å². The minimum absolute atomic E-state index is 0.129. The van der Waals surface area contributed by atoms with Crippen molar-refractivity contribution in [2.24, 2.45) is 5.11 Å². The van der Waals surface area contributed by atoms with Crippen LogP contribution in [0.5, 0.6) is 5.75 Å². The fourth-order valence-electron chi connectivity index (χ4n) is 3.33. The number of rotatable bonds is 6. The highest BCUT2D eigenvalue weighted by Crippen LogP contribution is 2.36. The molecule has 1 saturated heterocycles. The van der Waals surface area contributed by atoms with Gasteiger partial charge in [0.1, 0.15) is 22.9 Å². The number of benzene rings is 1. The van der Waals surface area contributed by atoms with Crippen LogP contribution in [0.15, 0.2) is 23.3 Å². The summed E-state index contributed by atoms with van der Waals surface area (Å²) in [5.74, 6) is 0.131. The second-order valence-electron chi connectivity index (χ2n) is 6.85. The lowest BCUT2D eigenvalue weighted by molar-refractivity contribution is -0.142. The molecule has 1 aromatic heterocycles. The van der Waals surface area contributed by atoms with Crippen LogP contribution >= 0.6 is 23.2 Å². The molecule has 0 saturated carbocycles. The van der Waals surface area contributed by atoms with Crippen LogP contribution in [-0.4, -0.2) is 53.9 Å². The summed E-state index contributed by atoms with van der Waals surface area (Å²) in [5, 5.41) is 6.68. The number of nitrogens with one attached hydrogen (secondary N) is 1. The second kappa shape index (κ2) is 9.76. The maximum atomic E-state index is 13.2. The van der Waals surface area contributed by atoms with Gasteiger partial charge in [-0.05, 0) is 12.1 Å². The highest BCUT2D eigenvalue weighted by Gasteiger charge is 2.39. The number of carbonyl (C=O) groups excluding carboxylic acids is 1. The molecule has 0 aliphatic carbocycles. The molecule has 1 amide bonds. The van der Waals surface area contributed by atoms with Gasteiger partial charge < -0.3 is 14.5 Å². The molecular formula is C18H19Cl2F3N7O2+. The monoisotopic (exact) mass is 492 g/mol. The maximum Gasteiger partial charge on any atom is 0.436 e. The number of alkyl halides is 3. The smallest absolute Gasteiger partial charge is 0.436 e. The molecule has 1 aromatic carbocycles. The van der Waals surface area contributed by atoms with Crippen LogP contribution in [-0.2, 0) is 24.1 Å². The molecule has 2 heterocycles. The van der Waals surface area contributed by atoms with Crippen molar-refractivity contribution in [2.45, 2.75) is 19.3 Å². The van der Waals surface area contributed by atoms with Gasteiger partial charge in [-0.25, -0.2) is 0 Å². The largest absolute Gasteiger partial charge is 0.495 e. The quantitative estimate of drug-likeness (QED) is 0.491. The van der Waals surface area contributed by atoms with Crippen molar-refractivity contribution in [3.63, 3.8) is 0 Å². The Morgan fingerprint density at radius 1 is 1.28 bits per heavy atom. The van der Waals surface area contributed by atoms with Crippen molar-refractivity contribution in [3.05, 3.63) is 39.6 Å². The Hall–Kier alpha value is -2.82. The number of hydrogen-bond acceptors (Lipinski definition) is 6. The van der Waals surface area contributed by atoms with E-state index in [1.807, 2.05) is 6.07 Å². The average molecular weight is 493 g/mol. The van der Waals surface area contributed by atoms with Gasteiger partial charge in [0.25, 0.3) is 0 Å². The van der Waals surface area contributed by atoms with Crippen LogP contribution < -0.4 is 14.5 Å². The zero-order valence-corrected chi connectivity index (χ0v) is 18.4. The molecule has 9 nitrogen and oxygen atoms in total. The van der Waals surface area contributed by atoms with Crippen LogP contribution in [0.25, 0.3) is 0 Å². The summed E-state index contributed by atoms with van der Waals surface area (Å²) in [6.45, 7) is 0.936. The van der Waals surface area contributed by atoms with Gasteiger partial charge in [-0.3, -0.25) is 9.48 Å². The number of hydrogen-bond donors (Lipinski definition) is 1. The van der Waals surface area contributed by atoms with Crippen LogP contribution in [0.2, 0.25) is 10.0 Å². The average Bonchev–Trinajstić information content (AvgIpc) is 3.08. The molecule has 14 heteroatoms. The van der Waals surface area contributed by atoms with E-state index >= 15 is 0 Å². The Morgan fingerprint density at radius 3 is 2.56 bits per heavy atom. The maximum absolute atomic E-state index is 13.2. The molecule has 1 N–H and O–H groups in total. The lowest BCUT2D eigenvalue weighted by atomic mass is 10.2. The van der Waals surface area contributed by atoms with Crippen molar-refractivity contribution >= 4 is 34.8 Å². The first-order valence-corrected chi connectivity index (χ1v) is 10.1.